The molecule has 1 saturated heterocycles. The standard InChI is InChI=1S/C17H17ClN4OS/c1-22-6-4-12(5-7-22)23-17-20-10-15(24-17)11-8-14-13(19-9-11)2-3-16(18)21-14/h2-3,8-10,12H,4-7H2,1H3. The van der Waals surface area contributed by atoms with Crippen LogP contribution < -0.4 is 4.74 Å². The Morgan fingerprint density at radius 2 is 2.00 bits per heavy atom. The fourth-order valence-electron chi connectivity index (χ4n) is 2.81. The maximum Gasteiger partial charge on any atom is 0.273 e. The number of likely N-dealkylation sites (tertiary alicyclic amines) is 1. The Morgan fingerprint density at radius 1 is 1.17 bits per heavy atom. The molecule has 0 aromatic carbocycles. The molecule has 0 aliphatic carbocycles. The minimum absolute atomic E-state index is 0.260. The van der Waals surface area contributed by atoms with Crippen molar-refractivity contribution in [1.29, 1.82) is 0 Å². The molecular weight excluding hydrogens is 344 g/mol. The number of hydrogen-bond donors (Lipinski definition) is 0. The number of rotatable bonds is 3. The van der Waals surface area contributed by atoms with Crippen LogP contribution in [-0.4, -0.2) is 46.1 Å². The summed E-state index contributed by atoms with van der Waals surface area (Å²) in [6, 6.07) is 5.60. The van der Waals surface area contributed by atoms with E-state index in [1.54, 1.807) is 17.4 Å². The van der Waals surface area contributed by atoms with Crippen molar-refractivity contribution in [1.82, 2.24) is 19.9 Å². The van der Waals surface area contributed by atoms with E-state index >= 15 is 0 Å². The average Bonchev–Trinajstić information content (AvgIpc) is 3.05. The third kappa shape index (κ3) is 3.36. The Labute approximate surface area is 149 Å². The molecular formula is C17H17ClN4OS. The highest BCUT2D eigenvalue weighted by molar-refractivity contribution is 7.16. The molecule has 7 heteroatoms. The van der Waals surface area contributed by atoms with E-state index in [1.807, 2.05) is 24.5 Å². The number of fused-ring (bicyclic) bond motifs is 1. The molecule has 24 heavy (non-hydrogen) atoms. The van der Waals surface area contributed by atoms with Crippen molar-refractivity contribution < 1.29 is 4.74 Å². The Morgan fingerprint density at radius 3 is 2.83 bits per heavy atom. The molecule has 1 fully saturated rings. The molecule has 1 aliphatic rings. The lowest BCUT2D eigenvalue weighted by Gasteiger charge is -2.28. The summed E-state index contributed by atoms with van der Waals surface area (Å²) in [5, 5.41) is 1.19. The summed E-state index contributed by atoms with van der Waals surface area (Å²) in [4.78, 5) is 16.5. The summed E-state index contributed by atoms with van der Waals surface area (Å²) in [6.45, 7) is 2.15. The van der Waals surface area contributed by atoms with Gasteiger partial charge in [-0.3, -0.25) is 4.98 Å². The molecule has 3 aromatic rings. The van der Waals surface area contributed by atoms with Crippen LogP contribution in [0, 0.1) is 0 Å². The average molecular weight is 361 g/mol. The largest absolute Gasteiger partial charge is 0.467 e. The number of piperidine rings is 1. The highest BCUT2D eigenvalue weighted by Crippen LogP contribution is 2.32. The van der Waals surface area contributed by atoms with Gasteiger partial charge in [-0.15, -0.1) is 0 Å². The fraction of sp³-hybridized carbons (Fsp3) is 0.353. The zero-order chi connectivity index (χ0) is 16.5. The third-order valence-corrected chi connectivity index (χ3v) is 5.35. The lowest BCUT2D eigenvalue weighted by atomic mass is 10.1. The summed E-state index contributed by atoms with van der Waals surface area (Å²) in [6.07, 6.45) is 6.03. The number of thiazole rings is 1. The van der Waals surface area contributed by atoms with Crippen LogP contribution in [0.25, 0.3) is 21.5 Å². The van der Waals surface area contributed by atoms with Crippen molar-refractivity contribution in [3.05, 3.63) is 35.7 Å². The predicted molar refractivity (Wildman–Crippen MR) is 96.8 cm³/mol. The molecule has 0 amide bonds. The number of hydrogen-bond acceptors (Lipinski definition) is 6. The first-order chi connectivity index (χ1) is 11.7. The summed E-state index contributed by atoms with van der Waals surface area (Å²) in [5.41, 5.74) is 2.59. The van der Waals surface area contributed by atoms with Crippen LogP contribution >= 0.6 is 22.9 Å². The van der Waals surface area contributed by atoms with E-state index in [2.05, 4.69) is 26.9 Å². The van der Waals surface area contributed by atoms with Crippen LogP contribution in [0.15, 0.2) is 30.6 Å². The van der Waals surface area contributed by atoms with Gasteiger partial charge >= 0.3 is 0 Å². The molecule has 0 unspecified atom stereocenters. The zero-order valence-electron chi connectivity index (χ0n) is 13.3. The molecule has 124 valence electrons. The highest BCUT2D eigenvalue weighted by atomic mass is 35.5. The van der Waals surface area contributed by atoms with Crippen molar-refractivity contribution in [2.45, 2.75) is 18.9 Å². The van der Waals surface area contributed by atoms with E-state index in [-0.39, 0.29) is 6.10 Å². The van der Waals surface area contributed by atoms with Gasteiger partial charge in [-0.05, 0) is 38.1 Å². The van der Waals surface area contributed by atoms with Gasteiger partial charge in [-0.1, -0.05) is 22.9 Å². The minimum atomic E-state index is 0.260. The second kappa shape index (κ2) is 6.63. The van der Waals surface area contributed by atoms with Gasteiger partial charge in [0.2, 0.25) is 0 Å². The number of aromatic nitrogens is 3. The Balaban J connectivity index is 1.54. The lowest BCUT2D eigenvalue weighted by molar-refractivity contribution is 0.114. The minimum Gasteiger partial charge on any atom is -0.467 e. The topological polar surface area (TPSA) is 51.1 Å². The molecule has 5 nitrogen and oxygen atoms in total. The van der Waals surface area contributed by atoms with Crippen molar-refractivity contribution in [2.75, 3.05) is 20.1 Å². The van der Waals surface area contributed by atoms with Gasteiger partial charge in [-0.25, -0.2) is 9.97 Å². The maximum atomic E-state index is 6.04. The SMILES string of the molecule is CN1CCC(Oc2ncc(-c3cnc4ccc(Cl)nc4c3)s2)CC1. The third-order valence-electron chi connectivity index (χ3n) is 4.21. The highest BCUT2D eigenvalue weighted by Gasteiger charge is 2.19. The van der Waals surface area contributed by atoms with Crippen molar-refractivity contribution in [3.8, 4) is 15.6 Å². The second-order valence-corrected chi connectivity index (χ2v) is 7.39. The lowest BCUT2D eigenvalue weighted by Crippen LogP contribution is -2.35. The Kier molecular flexibility index (Phi) is 4.35. The van der Waals surface area contributed by atoms with E-state index in [4.69, 9.17) is 16.3 Å². The fourth-order valence-corrected chi connectivity index (χ4v) is 3.77. The first kappa shape index (κ1) is 15.7. The van der Waals surface area contributed by atoms with Crippen molar-refractivity contribution in [3.63, 3.8) is 0 Å². The van der Waals surface area contributed by atoms with Crippen LogP contribution in [-0.2, 0) is 0 Å². The van der Waals surface area contributed by atoms with Gasteiger partial charge < -0.3 is 9.64 Å². The summed E-state index contributed by atoms with van der Waals surface area (Å²) in [7, 11) is 2.14. The number of ether oxygens (including phenoxy) is 1. The summed E-state index contributed by atoms with van der Waals surface area (Å²) < 4.78 is 6.04. The molecule has 0 atom stereocenters. The van der Waals surface area contributed by atoms with E-state index in [1.165, 1.54) is 0 Å². The van der Waals surface area contributed by atoms with Gasteiger partial charge in [0.15, 0.2) is 0 Å². The summed E-state index contributed by atoms with van der Waals surface area (Å²) in [5.74, 6) is 0. The van der Waals surface area contributed by atoms with Gasteiger partial charge in [0.05, 0.1) is 15.9 Å². The Bertz CT molecular complexity index is 861. The van der Waals surface area contributed by atoms with Gasteiger partial charge in [0.1, 0.15) is 11.3 Å². The molecule has 4 heterocycles. The Hall–Kier alpha value is -1.76. The molecule has 0 N–H and O–H groups in total. The maximum absolute atomic E-state index is 6.04. The van der Waals surface area contributed by atoms with Crippen molar-refractivity contribution >= 4 is 34.0 Å². The van der Waals surface area contributed by atoms with Crippen LogP contribution in [0.1, 0.15) is 12.8 Å². The van der Waals surface area contributed by atoms with Crippen LogP contribution in [0.4, 0.5) is 0 Å². The first-order valence-corrected chi connectivity index (χ1v) is 9.10. The molecule has 1 aliphatic heterocycles. The van der Waals surface area contributed by atoms with E-state index in [0.717, 1.165) is 52.6 Å². The number of pyridine rings is 2. The zero-order valence-corrected chi connectivity index (χ0v) is 14.8. The van der Waals surface area contributed by atoms with Crippen LogP contribution in [0.2, 0.25) is 5.15 Å². The van der Waals surface area contributed by atoms with Crippen LogP contribution in [0.3, 0.4) is 0 Å². The predicted octanol–water partition coefficient (Wildman–Crippen LogP) is 3.88. The number of nitrogens with zero attached hydrogens (tertiary/aromatic N) is 4. The molecule has 4 rings (SSSR count). The van der Waals surface area contributed by atoms with Gasteiger partial charge in [0, 0.05) is 31.0 Å². The van der Waals surface area contributed by atoms with Gasteiger partial charge in [0.25, 0.3) is 5.19 Å². The quantitative estimate of drug-likeness (QED) is 0.663. The van der Waals surface area contributed by atoms with E-state index in [0.29, 0.717) is 5.15 Å². The molecule has 3 aromatic heterocycles. The van der Waals surface area contributed by atoms with E-state index in [9.17, 15) is 0 Å². The molecule has 0 saturated carbocycles. The molecule has 0 bridgehead atoms. The molecule has 0 radical (unpaired) electrons. The molecule has 0 spiro atoms. The summed E-state index contributed by atoms with van der Waals surface area (Å²) >= 11 is 7.51. The van der Waals surface area contributed by atoms with Gasteiger partial charge in [-0.2, -0.15) is 0 Å². The number of halogens is 1. The smallest absolute Gasteiger partial charge is 0.273 e. The first-order valence-electron chi connectivity index (χ1n) is 7.91. The van der Waals surface area contributed by atoms with Crippen LogP contribution in [0.5, 0.6) is 5.19 Å². The van der Waals surface area contributed by atoms with Crippen molar-refractivity contribution in [2.24, 2.45) is 0 Å². The second-order valence-electron chi connectivity index (χ2n) is 6.01. The van der Waals surface area contributed by atoms with E-state index < -0.39 is 0 Å². The monoisotopic (exact) mass is 360 g/mol. The normalized spacial score (nSPS) is 16.6.